The van der Waals surface area contributed by atoms with Gasteiger partial charge in [0.15, 0.2) is 0 Å². The summed E-state index contributed by atoms with van der Waals surface area (Å²) in [5, 5.41) is 5.26. The van der Waals surface area contributed by atoms with Crippen molar-refractivity contribution >= 4 is 11.9 Å². The van der Waals surface area contributed by atoms with Crippen molar-refractivity contribution in [2.45, 2.75) is 45.1 Å². The molecule has 0 aliphatic heterocycles. The molecule has 2 unspecified atom stereocenters. The minimum Gasteiger partial charge on any atom is -0.351 e. The third-order valence-electron chi connectivity index (χ3n) is 3.22. The van der Waals surface area contributed by atoms with Crippen molar-refractivity contribution in [1.82, 2.24) is 10.6 Å². The Bertz CT molecular complexity index is 256. The van der Waals surface area contributed by atoms with Gasteiger partial charge in [0.1, 0.15) is 0 Å². The van der Waals surface area contributed by atoms with E-state index in [0.29, 0.717) is 12.0 Å². The molecule has 3 amide bonds. The summed E-state index contributed by atoms with van der Waals surface area (Å²) in [5.41, 5.74) is 4.86. The van der Waals surface area contributed by atoms with Crippen molar-refractivity contribution in [3.63, 3.8) is 0 Å². The average Bonchev–Trinajstić information content (AvgIpc) is 2.26. The number of hydrogen-bond donors (Lipinski definition) is 3. The minimum atomic E-state index is -0.789. The Labute approximate surface area is 96.1 Å². The number of carbonyl (C=O) groups is 2. The van der Waals surface area contributed by atoms with Crippen LogP contribution < -0.4 is 16.4 Å². The van der Waals surface area contributed by atoms with E-state index >= 15 is 0 Å². The van der Waals surface area contributed by atoms with Crippen LogP contribution in [0.25, 0.3) is 0 Å². The van der Waals surface area contributed by atoms with Crippen LogP contribution in [0.1, 0.15) is 39.0 Å². The Kier molecular flexibility index (Phi) is 5.25. The Balaban J connectivity index is 2.29. The first kappa shape index (κ1) is 13.0. The lowest BCUT2D eigenvalue weighted by Crippen LogP contribution is -2.46. The van der Waals surface area contributed by atoms with Gasteiger partial charge < -0.3 is 11.1 Å². The first-order valence-corrected chi connectivity index (χ1v) is 5.96. The smallest absolute Gasteiger partial charge is 0.318 e. The predicted molar refractivity (Wildman–Crippen MR) is 61.8 cm³/mol. The third-order valence-corrected chi connectivity index (χ3v) is 3.22. The number of imide groups is 1. The van der Waals surface area contributed by atoms with Crippen LogP contribution in [-0.2, 0) is 4.79 Å². The highest BCUT2D eigenvalue weighted by Crippen LogP contribution is 2.26. The number of urea groups is 1. The Morgan fingerprint density at radius 3 is 2.62 bits per heavy atom. The summed E-state index contributed by atoms with van der Waals surface area (Å²) in [5.74, 6) is 0.294. The number of rotatable bonds is 4. The van der Waals surface area contributed by atoms with Gasteiger partial charge in [-0.1, -0.05) is 26.2 Å². The fourth-order valence-electron chi connectivity index (χ4n) is 2.37. The van der Waals surface area contributed by atoms with Gasteiger partial charge in [0.2, 0.25) is 5.91 Å². The summed E-state index contributed by atoms with van der Waals surface area (Å²) >= 11 is 0. The van der Waals surface area contributed by atoms with Gasteiger partial charge in [-0.15, -0.1) is 0 Å². The van der Waals surface area contributed by atoms with Gasteiger partial charge in [-0.25, -0.2) is 4.79 Å². The molecule has 1 saturated carbocycles. The number of nitrogens with one attached hydrogen (secondary N) is 2. The molecular formula is C11H21N3O2. The van der Waals surface area contributed by atoms with E-state index < -0.39 is 6.03 Å². The first-order chi connectivity index (χ1) is 7.63. The monoisotopic (exact) mass is 227 g/mol. The van der Waals surface area contributed by atoms with E-state index in [1.165, 1.54) is 19.3 Å². The van der Waals surface area contributed by atoms with Crippen molar-refractivity contribution in [3.8, 4) is 0 Å². The molecule has 0 saturated heterocycles. The highest BCUT2D eigenvalue weighted by Gasteiger charge is 2.23. The summed E-state index contributed by atoms with van der Waals surface area (Å²) in [6, 6.07) is -0.389. The van der Waals surface area contributed by atoms with Crippen LogP contribution in [0.5, 0.6) is 0 Å². The molecule has 0 spiro atoms. The normalized spacial score (nSPS) is 25.1. The maximum atomic E-state index is 11.2. The molecule has 1 fully saturated rings. The molecule has 16 heavy (non-hydrogen) atoms. The van der Waals surface area contributed by atoms with E-state index in [-0.39, 0.29) is 12.5 Å². The first-order valence-electron chi connectivity index (χ1n) is 5.96. The van der Waals surface area contributed by atoms with Crippen LogP contribution in [0.4, 0.5) is 4.79 Å². The standard InChI is InChI=1S/C11H21N3O2/c1-2-8-5-3-4-6-9(8)13-7-10(15)14-11(12)16/h8-9,13H,2-7H2,1H3,(H3,12,14,15,16). The van der Waals surface area contributed by atoms with Crippen LogP contribution in [-0.4, -0.2) is 24.5 Å². The molecule has 1 aliphatic rings. The molecule has 5 nitrogen and oxygen atoms in total. The minimum absolute atomic E-state index is 0.171. The third kappa shape index (κ3) is 4.18. The van der Waals surface area contributed by atoms with E-state index in [9.17, 15) is 9.59 Å². The molecule has 2 atom stereocenters. The molecular weight excluding hydrogens is 206 g/mol. The fraction of sp³-hybridized carbons (Fsp3) is 0.818. The topological polar surface area (TPSA) is 84.2 Å². The van der Waals surface area contributed by atoms with Crippen LogP contribution in [0, 0.1) is 5.92 Å². The number of carbonyl (C=O) groups excluding carboxylic acids is 2. The summed E-state index contributed by atoms with van der Waals surface area (Å²) in [4.78, 5) is 21.7. The molecule has 4 N–H and O–H groups in total. The molecule has 0 aromatic carbocycles. The summed E-state index contributed by atoms with van der Waals surface area (Å²) in [6.07, 6.45) is 5.97. The van der Waals surface area contributed by atoms with Gasteiger partial charge in [0.25, 0.3) is 0 Å². The van der Waals surface area contributed by atoms with Crippen LogP contribution in [0.2, 0.25) is 0 Å². The zero-order chi connectivity index (χ0) is 12.0. The van der Waals surface area contributed by atoms with Gasteiger partial charge in [0, 0.05) is 6.04 Å². The number of nitrogens with two attached hydrogens (primary N) is 1. The second-order valence-electron chi connectivity index (χ2n) is 4.35. The zero-order valence-electron chi connectivity index (χ0n) is 9.79. The highest BCUT2D eigenvalue weighted by molar-refractivity contribution is 5.94. The fourth-order valence-corrected chi connectivity index (χ4v) is 2.37. The van der Waals surface area contributed by atoms with E-state index in [1.807, 2.05) is 0 Å². The molecule has 1 rings (SSSR count). The number of primary amides is 1. The summed E-state index contributed by atoms with van der Waals surface area (Å²) in [7, 11) is 0. The molecule has 0 bridgehead atoms. The molecule has 0 radical (unpaired) electrons. The maximum Gasteiger partial charge on any atom is 0.318 e. The molecule has 0 heterocycles. The van der Waals surface area contributed by atoms with Crippen molar-refractivity contribution in [3.05, 3.63) is 0 Å². The van der Waals surface area contributed by atoms with Gasteiger partial charge >= 0.3 is 6.03 Å². The number of amides is 3. The molecule has 0 aromatic rings. The van der Waals surface area contributed by atoms with E-state index in [4.69, 9.17) is 5.73 Å². The maximum absolute atomic E-state index is 11.2. The van der Waals surface area contributed by atoms with E-state index in [0.717, 1.165) is 12.8 Å². The number of hydrogen-bond acceptors (Lipinski definition) is 3. The van der Waals surface area contributed by atoms with E-state index in [2.05, 4.69) is 17.6 Å². The molecule has 5 heteroatoms. The molecule has 0 aromatic heterocycles. The lowest BCUT2D eigenvalue weighted by atomic mass is 9.83. The van der Waals surface area contributed by atoms with Crippen LogP contribution >= 0.6 is 0 Å². The van der Waals surface area contributed by atoms with Gasteiger partial charge in [-0.05, 0) is 18.8 Å². The molecule has 1 aliphatic carbocycles. The Morgan fingerprint density at radius 1 is 1.31 bits per heavy atom. The summed E-state index contributed by atoms with van der Waals surface area (Å²) < 4.78 is 0. The predicted octanol–water partition coefficient (Wildman–Crippen LogP) is 0.740. The quantitative estimate of drug-likeness (QED) is 0.662. The van der Waals surface area contributed by atoms with Gasteiger partial charge in [-0.2, -0.15) is 0 Å². The van der Waals surface area contributed by atoms with Gasteiger partial charge in [0.05, 0.1) is 6.54 Å². The lowest BCUT2D eigenvalue weighted by Gasteiger charge is -2.31. The average molecular weight is 227 g/mol. The van der Waals surface area contributed by atoms with E-state index in [1.54, 1.807) is 0 Å². The summed E-state index contributed by atoms with van der Waals surface area (Å²) in [6.45, 7) is 2.35. The van der Waals surface area contributed by atoms with Crippen molar-refractivity contribution in [2.75, 3.05) is 6.54 Å². The lowest BCUT2D eigenvalue weighted by molar-refractivity contribution is -0.119. The van der Waals surface area contributed by atoms with Crippen LogP contribution in [0.3, 0.4) is 0 Å². The van der Waals surface area contributed by atoms with Crippen LogP contribution in [0.15, 0.2) is 0 Å². The molecule has 92 valence electrons. The van der Waals surface area contributed by atoms with Crippen molar-refractivity contribution in [2.24, 2.45) is 11.7 Å². The second-order valence-corrected chi connectivity index (χ2v) is 4.35. The Hall–Kier alpha value is -1.10. The Morgan fingerprint density at radius 2 is 2.00 bits per heavy atom. The SMILES string of the molecule is CCC1CCCCC1NCC(=O)NC(N)=O. The largest absolute Gasteiger partial charge is 0.351 e. The highest BCUT2D eigenvalue weighted by atomic mass is 16.2. The zero-order valence-corrected chi connectivity index (χ0v) is 9.79. The van der Waals surface area contributed by atoms with Crippen molar-refractivity contribution in [1.29, 1.82) is 0 Å². The van der Waals surface area contributed by atoms with Crippen molar-refractivity contribution < 1.29 is 9.59 Å². The second kappa shape index (κ2) is 6.48. The van der Waals surface area contributed by atoms with Gasteiger partial charge in [-0.3, -0.25) is 10.1 Å².